The molecule has 21 heavy (non-hydrogen) atoms. The number of carbonyl (C=O) groups is 2. The minimum absolute atomic E-state index is 0.0316. The molecular weight excluding hydrogens is 272 g/mol. The molecule has 1 saturated heterocycles. The maximum atomic E-state index is 12.4. The number of amides is 4. The third-order valence-corrected chi connectivity index (χ3v) is 3.66. The smallest absolute Gasteiger partial charge is 0.330 e. The summed E-state index contributed by atoms with van der Waals surface area (Å²) in [4.78, 5) is 28.8. The molecule has 0 radical (unpaired) electrons. The van der Waals surface area contributed by atoms with E-state index < -0.39 is 6.17 Å². The average molecular weight is 292 g/mol. The number of carbonyl (C=O) groups excluding carboxylic acids is 2. The van der Waals surface area contributed by atoms with E-state index in [0.717, 1.165) is 0 Å². The SMILES string of the molecule is CCN1C(=O)N(C)C(c2ccc(N)cc2O)N(CC)C1=O. The van der Waals surface area contributed by atoms with Gasteiger partial charge in [-0.25, -0.2) is 14.5 Å². The molecule has 0 aliphatic carbocycles. The van der Waals surface area contributed by atoms with Crippen molar-refractivity contribution < 1.29 is 14.7 Å². The van der Waals surface area contributed by atoms with Crippen molar-refractivity contribution in [1.82, 2.24) is 14.7 Å². The highest BCUT2D eigenvalue weighted by molar-refractivity contribution is 5.96. The highest BCUT2D eigenvalue weighted by atomic mass is 16.3. The van der Waals surface area contributed by atoms with Gasteiger partial charge >= 0.3 is 12.1 Å². The summed E-state index contributed by atoms with van der Waals surface area (Å²) in [5.74, 6) is -0.0316. The van der Waals surface area contributed by atoms with Crippen LogP contribution >= 0.6 is 0 Å². The number of phenolic OH excluding ortho intramolecular Hbond substituents is 1. The summed E-state index contributed by atoms with van der Waals surface area (Å²) in [6.45, 7) is 4.30. The third kappa shape index (κ3) is 2.35. The average Bonchev–Trinajstić information content (AvgIpc) is 2.44. The molecule has 0 aromatic heterocycles. The lowest BCUT2D eigenvalue weighted by Crippen LogP contribution is -2.60. The molecule has 1 aromatic rings. The van der Waals surface area contributed by atoms with E-state index in [1.165, 1.54) is 20.8 Å². The Morgan fingerprint density at radius 3 is 2.38 bits per heavy atom. The number of anilines is 1. The summed E-state index contributed by atoms with van der Waals surface area (Å²) < 4.78 is 0. The van der Waals surface area contributed by atoms with E-state index in [1.807, 2.05) is 6.92 Å². The van der Waals surface area contributed by atoms with Crippen molar-refractivity contribution in [3.63, 3.8) is 0 Å². The quantitative estimate of drug-likeness (QED) is 0.831. The number of urea groups is 2. The Balaban J connectivity index is 2.49. The van der Waals surface area contributed by atoms with Gasteiger partial charge in [-0.1, -0.05) is 0 Å². The number of hydrogen-bond acceptors (Lipinski definition) is 4. The minimum atomic E-state index is -0.640. The summed E-state index contributed by atoms with van der Waals surface area (Å²) in [5, 5.41) is 10.1. The zero-order valence-electron chi connectivity index (χ0n) is 12.4. The van der Waals surface area contributed by atoms with E-state index in [0.29, 0.717) is 24.3 Å². The second-order valence-electron chi connectivity index (χ2n) is 4.90. The highest BCUT2D eigenvalue weighted by Gasteiger charge is 2.42. The van der Waals surface area contributed by atoms with Crippen LogP contribution in [0.25, 0.3) is 0 Å². The molecule has 1 fully saturated rings. The largest absolute Gasteiger partial charge is 0.507 e. The van der Waals surface area contributed by atoms with Crippen molar-refractivity contribution in [3.8, 4) is 5.75 Å². The van der Waals surface area contributed by atoms with Gasteiger partial charge in [-0.2, -0.15) is 0 Å². The van der Waals surface area contributed by atoms with E-state index >= 15 is 0 Å². The Morgan fingerprint density at radius 1 is 1.19 bits per heavy atom. The number of nitrogen functional groups attached to an aromatic ring is 1. The molecular formula is C14H20N4O3. The lowest BCUT2D eigenvalue weighted by Gasteiger charge is -2.45. The van der Waals surface area contributed by atoms with Crippen LogP contribution in [0.3, 0.4) is 0 Å². The van der Waals surface area contributed by atoms with Crippen molar-refractivity contribution >= 4 is 17.7 Å². The van der Waals surface area contributed by atoms with E-state index in [2.05, 4.69) is 0 Å². The molecule has 0 spiro atoms. The number of imide groups is 1. The maximum Gasteiger partial charge on any atom is 0.330 e. The van der Waals surface area contributed by atoms with Gasteiger partial charge in [0.2, 0.25) is 0 Å². The Morgan fingerprint density at radius 2 is 1.86 bits per heavy atom. The van der Waals surface area contributed by atoms with Gasteiger partial charge in [0, 0.05) is 37.5 Å². The monoisotopic (exact) mass is 292 g/mol. The maximum absolute atomic E-state index is 12.4. The summed E-state index contributed by atoms with van der Waals surface area (Å²) in [6, 6.07) is 3.95. The van der Waals surface area contributed by atoms with Gasteiger partial charge in [-0.05, 0) is 26.0 Å². The normalized spacial score (nSPS) is 19.4. The van der Waals surface area contributed by atoms with Gasteiger partial charge < -0.3 is 15.7 Å². The van der Waals surface area contributed by atoms with Crippen LogP contribution in [-0.2, 0) is 0 Å². The summed E-state index contributed by atoms with van der Waals surface area (Å²) >= 11 is 0. The fourth-order valence-electron chi connectivity index (χ4n) is 2.58. The third-order valence-electron chi connectivity index (χ3n) is 3.66. The van der Waals surface area contributed by atoms with Crippen molar-refractivity contribution in [2.75, 3.05) is 25.9 Å². The molecule has 114 valence electrons. The molecule has 1 unspecified atom stereocenters. The van der Waals surface area contributed by atoms with E-state index in [1.54, 1.807) is 26.1 Å². The molecule has 0 saturated carbocycles. The Kier molecular flexibility index (Phi) is 3.93. The van der Waals surface area contributed by atoms with Crippen LogP contribution in [0.1, 0.15) is 25.6 Å². The van der Waals surface area contributed by atoms with Crippen molar-refractivity contribution in [2.24, 2.45) is 0 Å². The lowest BCUT2D eigenvalue weighted by molar-refractivity contribution is 0.0438. The molecule has 1 aliphatic rings. The van der Waals surface area contributed by atoms with Gasteiger partial charge in [-0.3, -0.25) is 4.90 Å². The van der Waals surface area contributed by atoms with Gasteiger partial charge in [0.1, 0.15) is 11.9 Å². The minimum Gasteiger partial charge on any atom is -0.507 e. The molecule has 1 aliphatic heterocycles. The first-order valence-corrected chi connectivity index (χ1v) is 6.85. The topological polar surface area (TPSA) is 90.1 Å². The Bertz CT molecular complexity index is 575. The Labute approximate surface area is 123 Å². The van der Waals surface area contributed by atoms with E-state index in [9.17, 15) is 14.7 Å². The van der Waals surface area contributed by atoms with Gasteiger partial charge in [0.15, 0.2) is 0 Å². The molecule has 0 bridgehead atoms. The Hall–Kier alpha value is -2.44. The predicted molar refractivity (Wildman–Crippen MR) is 78.6 cm³/mol. The number of hydrogen-bond donors (Lipinski definition) is 2. The first-order chi connectivity index (χ1) is 9.92. The fourth-order valence-corrected chi connectivity index (χ4v) is 2.58. The second-order valence-corrected chi connectivity index (χ2v) is 4.90. The first-order valence-electron chi connectivity index (χ1n) is 6.85. The van der Waals surface area contributed by atoms with Crippen LogP contribution in [0.4, 0.5) is 15.3 Å². The first kappa shape index (κ1) is 15.0. The molecule has 4 amide bonds. The van der Waals surface area contributed by atoms with Crippen LogP contribution in [0.2, 0.25) is 0 Å². The van der Waals surface area contributed by atoms with Gasteiger partial charge in [-0.15, -0.1) is 0 Å². The number of nitrogens with two attached hydrogens (primary N) is 1. The number of benzene rings is 1. The van der Waals surface area contributed by atoms with Crippen LogP contribution < -0.4 is 5.73 Å². The summed E-state index contributed by atoms with van der Waals surface area (Å²) in [5.41, 5.74) is 6.53. The second kappa shape index (κ2) is 5.51. The molecule has 1 aromatic carbocycles. The predicted octanol–water partition coefficient (Wildman–Crippen LogP) is 1.80. The van der Waals surface area contributed by atoms with Gasteiger partial charge in [0.05, 0.1) is 0 Å². The fraction of sp³-hybridized carbons (Fsp3) is 0.429. The molecule has 1 atom stereocenters. The number of rotatable bonds is 3. The van der Waals surface area contributed by atoms with Gasteiger partial charge in [0.25, 0.3) is 0 Å². The highest BCUT2D eigenvalue weighted by Crippen LogP contribution is 2.35. The zero-order chi connectivity index (χ0) is 15.7. The summed E-state index contributed by atoms with van der Waals surface area (Å²) in [7, 11) is 1.61. The molecule has 1 heterocycles. The molecule has 2 rings (SSSR count). The zero-order valence-corrected chi connectivity index (χ0v) is 12.4. The van der Waals surface area contributed by atoms with E-state index in [4.69, 9.17) is 5.73 Å². The summed E-state index contributed by atoms with van der Waals surface area (Å²) in [6.07, 6.45) is -0.640. The van der Waals surface area contributed by atoms with E-state index in [-0.39, 0.29) is 17.8 Å². The van der Waals surface area contributed by atoms with Crippen molar-refractivity contribution in [2.45, 2.75) is 20.0 Å². The van der Waals surface area contributed by atoms with Crippen LogP contribution in [0.15, 0.2) is 18.2 Å². The van der Waals surface area contributed by atoms with Crippen molar-refractivity contribution in [3.05, 3.63) is 23.8 Å². The molecule has 7 nitrogen and oxygen atoms in total. The lowest BCUT2D eigenvalue weighted by atomic mass is 10.1. The van der Waals surface area contributed by atoms with Crippen LogP contribution in [-0.4, -0.2) is 52.0 Å². The van der Waals surface area contributed by atoms with Crippen molar-refractivity contribution in [1.29, 1.82) is 0 Å². The molecule has 7 heteroatoms. The van der Waals surface area contributed by atoms with Crippen LogP contribution in [0, 0.1) is 0 Å². The van der Waals surface area contributed by atoms with Crippen LogP contribution in [0.5, 0.6) is 5.75 Å². The number of nitrogens with zero attached hydrogens (tertiary/aromatic N) is 3. The standard InChI is InChI=1S/C14H20N4O3/c1-4-17-12(10-7-6-9(15)8-11(10)19)16(3)13(20)18(5-2)14(17)21/h6-8,12,19H,4-5,15H2,1-3H3. The molecule has 3 N–H and O–H groups in total. The number of aromatic hydroxyl groups is 1. The number of phenols is 1.